The van der Waals surface area contributed by atoms with Crippen LogP contribution in [-0.4, -0.2) is 25.3 Å². The normalized spacial score (nSPS) is 10.0. The maximum atomic E-state index is 12.8. The van der Waals surface area contributed by atoms with Crippen molar-refractivity contribution in [1.29, 1.82) is 0 Å². The monoisotopic (exact) mass is 345 g/mol. The number of rotatable bonds is 6. The first-order valence-electron chi connectivity index (χ1n) is 7.90. The largest absolute Gasteiger partial charge is 0.450 e. The number of carbonyl (C=O) groups is 2. The summed E-state index contributed by atoms with van der Waals surface area (Å²) in [5, 5.41) is 7.98. The van der Waals surface area contributed by atoms with E-state index in [1.807, 2.05) is 0 Å². The zero-order valence-electron chi connectivity index (χ0n) is 13.8. The molecule has 2 rings (SSSR count). The Morgan fingerprint density at radius 2 is 1.56 bits per heavy atom. The fraction of sp³-hybridized carbons (Fsp3) is 0.222. The van der Waals surface area contributed by atoms with Gasteiger partial charge >= 0.3 is 12.1 Å². The molecule has 6 nitrogen and oxygen atoms in total. The summed E-state index contributed by atoms with van der Waals surface area (Å²) in [5.41, 5.74) is 2.10. The number of urea groups is 1. The molecule has 0 aliphatic rings. The summed E-state index contributed by atoms with van der Waals surface area (Å²) in [6.07, 6.45) is 0.0811. The topological polar surface area (TPSA) is 79.5 Å². The highest BCUT2D eigenvalue weighted by Crippen LogP contribution is 2.13. The predicted molar refractivity (Wildman–Crippen MR) is 94.2 cm³/mol. The third-order valence-corrected chi connectivity index (χ3v) is 3.28. The number of anilines is 2. The van der Waals surface area contributed by atoms with Gasteiger partial charge < -0.3 is 15.4 Å². The molecule has 3 amide bonds. The van der Waals surface area contributed by atoms with Crippen molar-refractivity contribution in [3.63, 3.8) is 0 Å². The Balaban J connectivity index is 1.74. The van der Waals surface area contributed by atoms with E-state index in [0.717, 1.165) is 5.56 Å². The molecule has 3 N–H and O–H groups in total. The molecule has 0 radical (unpaired) electrons. The maximum absolute atomic E-state index is 12.8. The van der Waals surface area contributed by atoms with Gasteiger partial charge in [0.25, 0.3) is 0 Å². The summed E-state index contributed by atoms with van der Waals surface area (Å²) in [6, 6.07) is 12.5. The maximum Gasteiger partial charge on any atom is 0.411 e. The Labute approximate surface area is 145 Å². The highest BCUT2D eigenvalue weighted by molar-refractivity contribution is 5.90. The number of nitrogens with one attached hydrogen (secondary N) is 3. The van der Waals surface area contributed by atoms with E-state index >= 15 is 0 Å². The number of amides is 3. The van der Waals surface area contributed by atoms with Gasteiger partial charge in [0.1, 0.15) is 5.82 Å². The Kier molecular flexibility index (Phi) is 6.76. The van der Waals surface area contributed by atoms with Crippen LogP contribution in [0.1, 0.15) is 12.5 Å². The molecule has 2 aromatic carbocycles. The van der Waals surface area contributed by atoms with Gasteiger partial charge in [0.05, 0.1) is 6.61 Å². The van der Waals surface area contributed by atoms with Crippen molar-refractivity contribution in [3.8, 4) is 0 Å². The van der Waals surface area contributed by atoms with Gasteiger partial charge in [0, 0.05) is 17.9 Å². The van der Waals surface area contributed by atoms with E-state index in [0.29, 0.717) is 30.9 Å². The Morgan fingerprint density at radius 3 is 2.16 bits per heavy atom. The highest BCUT2D eigenvalue weighted by atomic mass is 19.1. The van der Waals surface area contributed by atoms with Crippen LogP contribution in [0, 0.1) is 5.82 Å². The molecule has 25 heavy (non-hydrogen) atoms. The van der Waals surface area contributed by atoms with Crippen molar-refractivity contribution >= 4 is 23.5 Å². The lowest BCUT2D eigenvalue weighted by Gasteiger charge is -2.09. The average molecular weight is 345 g/mol. The van der Waals surface area contributed by atoms with Crippen LogP contribution < -0.4 is 16.0 Å². The minimum absolute atomic E-state index is 0.282. The van der Waals surface area contributed by atoms with Crippen LogP contribution in [0.5, 0.6) is 0 Å². The summed E-state index contributed by atoms with van der Waals surface area (Å²) < 4.78 is 17.6. The highest BCUT2D eigenvalue weighted by Gasteiger charge is 2.04. The number of carbonyl (C=O) groups excluding carboxylic acids is 2. The van der Waals surface area contributed by atoms with Crippen molar-refractivity contribution in [3.05, 3.63) is 59.9 Å². The van der Waals surface area contributed by atoms with Crippen molar-refractivity contribution in [2.75, 3.05) is 23.8 Å². The van der Waals surface area contributed by atoms with Crippen LogP contribution in [0.3, 0.4) is 0 Å². The van der Waals surface area contributed by atoms with Crippen LogP contribution >= 0.6 is 0 Å². The molecule has 2 aromatic rings. The number of hydrogen-bond acceptors (Lipinski definition) is 3. The van der Waals surface area contributed by atoms with Gasteiger partial charge in [-0.25, -0.2) is 14.0 Å². The first-order chi connectivity index (χ1) is 12.1. The molecule has 0 bridgehead atoms. The fourth-order valence-electron chi connectivity index (χ4n) is 2.07. The van der Waals surface area contributed by atoms with Gasteiger partial charge in [-0.2, -0.15) is 0 Å². The number of hydrogen-bond donors (Lipinski definition) is 3. The van der Waals surface area contributed by atoms with E-state index in [9.17, 15) is 14.0 Å². The van der Waals surface area contributed by atoms with E-state index in [2.05, 4.69) is 16.0 Å². The molecule has 0 unspecified atom stereocenters. The lowest BCUT2D eigenvalue weighted by atomic mass is 10.1. The van der Waals surface area contributed by atoms with E-state index in [1.165, 1.54) is 12.1 Å². The minimum atomic E-state index is -0.526. The number of benzene rings is 2. The van der Waals surface area contributed by atoms with E-state index in [-0.39, 0.29) is 11.8 Å². The molecule has 7 heteroatoms. The molecule has 0 aromatic heterocycles. The standard InChI is InChI=1S/C18H20FN3O3/c1-2-25-18(24)22-16-9-7-15(8-10-16)21-17(23)20-12-11-13-3-5-14(19)6-4-13/h3-10H,2,11-12H2,1H3,(H,22,24)(H2,20,21,23). The second kappa shape index (κ2) is 9.27. The minimum Gasteiger partial charge on any atom is -0.450 e. The van der Waals surface area contributed by atoms with Gasteiger partial charge in [-0.3, -0.25) is 5.32 Å². The summed E-state index contributed by atoms with van der Waals surface area (Å²) >= 11 is 0. The van der Waals surface area contributed by atoms with Crippen LogP contribution in [0.4, 0.5) is 25.4 Å². The summed E-state index contributed by atoms with van der Waals surface area (Å²) in [4.78, 5) is 23.1. The third-order valence-electron chi connectivity index (χ3n) is 3.28. The molecule has 0 fully saturated rings. The van der Waals surface area contributed by atoms with Crippen molar-refractivity contribution in [1.82, 2.24) is 5.32 Å². The Morgan fingerprint density at radius 1 is 0.960 bits per heavy atom. The third kappa shape index (κ3) is 6.50. The van der Waals surface area contributed by atoms with Crippen molar-refractivity contribution in [2.24, 2.45) is 0 Å². The molecule has 0 aliphatic heterocycles. The van der Waals surface area contributed by atoms with Crippen LogP contribution in [-0.2, 0) is 11.2 Å². The molecule has 0 atom stereocenters. The Hall–Kier alpha value is -3.09. The average Bonchev–Trinajstić information content (AvgIpc) is 2.59. The van der Waals surface area contributed by atoms with E-state index in [4.69, 9.17) is 4.74 Å². The zero-order chi connectivity index (χ0) is 18.1. The molecular weight excluding hydrogens is 325 g/mol. The lowest BCUT2D eigenvalue weighted by molar-refractivity contribution is 0.168. The second-order valence-electron chi connectivity index (χ2n) is 5.18. The quantitative estimate of drug-likeness (QED) is 0.746. The number of halogens is 1. The van der Waals surface area contributed by atoms with Crippen molar-refractivity contribution in [2.45, 2.75) is 13.3 Å². The fourth-order valence-corrected chi connectivity index (χ4v) is 2.07. The molecule has 132 valence electrons. The van der Waals surface area contributed by atoms with Crippen LogP contribution in [0.15, 0.2) is 48.5 Å². The summed E-state index contributed by atoms with van der Waals surface area (Å²) in [7, 11) is 0. The molecule has 0 heterocycles. The van der Waals surface area contributed by atoms with Crippen LogP contribution in [0.25, 0.3) is 0 Å². The summed E-state index contributed by atoms with van der Waals surface area (Å²) in [5.74, 6) is -0.282. The Bertz CT molecular complexity index is 703. The summed E-state index contributed by atoms with van der Waals surface area (Å²) in [6.45, 7) is 2.45. The van der Waals surface area contributed by atoms with Gasteiger partial charge in [0.15, 0.2) is 0 Å². The smallest absolute Gasteiger partial charge is 0.411 e. The SMILES string of the molecule is CCOC(=O)Nc1ccc(NC(=O)NCCc2ccc(F)cc2)cc1. The van der Waals surface area contributed by atoms with Gasteiger partial charge in [0.2, 0.25) is 0 Å². The number of ether oxygens (including phenoxy) is 1. The van der Waals surface area contributed by atoms with E-state index < -0.39 is 6.09 Å². The second-order valence-corrected chi connectivity index (χ2v) is 5.18. The predicted octanol–water partition coefficient (Wildman–Crippen LogP) is 3.76. The van der Waals surface area contributed by atoms with Gasteiger partial charge in [-0.15, -0.1) is 0 Å². The van der Waals surface area contributed by atoms with Gasteiger partial charge in [-0.1, -0.05) is 12.1 Å². The van der Waals surface area contributed by atoms with Gasteiger partial charge in [-0.05, 0) is 55.3 Å². The first-order valence-corrected chi connectivity index (χ1v) is 7.90. The molecule has 0 saturated heterocycles. The molecule has 0 aliphatic carbocycles. The van der Waals surface area contributed by atoms with Crippen molar-refractivity contribution < 1.29 is 18.7 Å². The first kappa shape index (κ1) is 18.3. The molecular formula is C18H20FN3O3. The zero-order valence-corrected chi connectivity index (χ0v) is 13.8. The molecule has 0 spiro atoms. The van der Waals surface area contributed by atoms with E-state index in [1.54, 1.807) is 43.3 Å². The lowest BCUT2D eigenvalue weighted by Crippen LogP contribution is -2.30. The molecule has 0 saturated carbocycles. The van der Waals surface area contributed by atoms with Crippen LogP contribution in [0.2, 0.25) is 0 Å².